The van der Waals surface area contributed by atoms with Crippen LogP contribution in [0.3, 0.4) is 0 Å². The van der Waals surface area contributed by atoms with E-state index in [-0.39, 0.29) is 60.1 Å². The highest BCUT2D eigenvalue weighted by Crippen LogP contribution is 2.39. The van der Waals surface area contributed by atoms with Crippen LogP contribution in [0.2, 0.25) is 0 Å². The molecule has 0 saturated carbocycles. The number of non-ortho nitro benzene ring substituents is 2. The molecule has 12 nitrogen and oxygen atoms in total. The minimum Gasteiger partial charge on any atom is -0.507 e. The van der Waals surface area contributed by atoms with E-state index in [0.717, 1.165) is 33.4 Å². The standard InChI is InChI=1S/C58H50N2O10/c1-69-53-23-21-49(59(65)66)31-47(53)33-51-35-9-3-10-36(51)26-40-14-6-18-44(56(40)62)30-46-20-8-16-42(58(46)64)28-38-12-4-11-37(52(38)34-48-32-50(60(67)68)22-24-54(48)70-2)27-41-15-7-19-45(57(41)63)29-43-17-5-13-39(25-35)55(43)61/h3-24,31-32,61-64H,25-30,33-34H2,1-2H3. The first kappa shape index (κ1) is 46.5. The average Bonchev–Trinajstić information content (AvgIpc) is 3.35. The highest BCUT2D eigenvalue weighted by molar-refractivity contribution is 5.57. The Morgan fingerprint density at radius 1 is 0.386 bits per heavy atom. The average molecular weight is 935 g/mol. The van der Waals surface area contributed by atoms with Crippen molar-refractivity contribution in [2.75, 3.05) is 14.2 Å². The smallest absolute Gasteiger partial charge is 0.269 e. The summed E-state index contributed by atoms with van der Waals surface area (Å²) in [4.78, 5) is 23.1. The predicted octanol–water partition coefficient (Wildman–Crippen LogP) is 11.4. The summed E-state index contributed by atoms with van der Waals surface area (Å²) >= 11 is 0. The van der Waals surface area contributed by atoms with Gasteiger partial charge >= 0.3 is 0 Å². The van der Waals surface area contributed by atoms with Gasteiger partial charge in [0.25, 0.3) is 11.4 Å². The van der Waals surface area contributed by atoms with Crippen LogP contribution in [0, 0.1) is 20.2 Å². The number of phenolic OH excluding ortho intramolecular Hbond substituents is 4. The number of nitro benzene ring substituents is 2. The number of benzene rings is 8. The van der Waals surface area contributed by atoms with Crippen LogP contribution in [0.25, 0.3) is 0 Å². The van der Waals surface area contributed by atoms with Gasteiger partial charge in [-0.2, -0.15) is 0 Å². The Morgan fingerprint density at radius 2 is 0.614 bits per heavy atom. The molecule has 8 aromatic carbocycles. The summed E-state index contributed by atoms with van der Waals surface area (Å²) in [5, 5.41) is 72.0. The van der Waals surface area contributed by atoms with Gasteiger partial charge in [-0.05, 0) is 90.0 Å². The van der Waals surface area contributed by atoms with Crippen molar-refractivity contribution < 1.29 is 39.7 Å². The largest absolute Gasteiger partial charge is 0.507 e. The number of methoxy groups -OCH3 is 2. The predicted molar refractivity (Wildman–Crippen MR) is 267 cm³/mol. The van der Waals surface area contributed by atoms with Crippen LogP contribution in [0.15, 0.2) is 146 Å². The summed E-state index contributed by atoms with van der Waals surface area (Å²) in [6.45, 7) is 0. The number of nitro groups is 2. The number of hydrogen-bond donors (Lipinski definition) is 4. The van der Waals surface area contributed by atoms with Crippen LogP contribution >= 0.6 is 0 Å². The molecule has 1 aliphatic carbocycles. The van der Waals surface area contributed by atoms with E-state index in [1.54, 1.807) is 12.1 Å². The molecule has 0 aromatic heterocycles. The Bertz CT molecular complexity index is 2960. The molecule has 12 bridgehead atoms. The van der Waals surface area contributed by atoms with E-state index >= 15 is 0 Å². The van der Waals surface area contributed by atoms with Crippen LogP contribution < -0.4 is 9.47 Å². The fourth-order valence-corrected chi connectivity index (χ4v) is 9.86. The Hall–Kier alpha value is -8.64. The third-order valence-electron chi connectivity index (χ3n) is 13.5. The minimum atomic E-state index is -0.439. The number of rotatable bonds is 8. The number of phenols is 4. The summed E-state index contributed by atoms with van der Waals surface area (Å²) in [7, 11) is 3.04. The number of aromatic hydroxyl groups is 4. The van der Waals surface area contributed by atoms with Crippen LogP contribution in [0.5, 0.6) is 34.5 Å². The zero-order valence-electron chi connectivity index (χ0n) is 38.6. The van der Waals surface area contributed by atoms with E-state index in [2.05, 4.69) is 0 Å². The van der Waals surface area contributed by atoms with E-state index < -0.39 is 9.85 Å². The Balaban J connectivity index is 1.20. The lowest BCUT2D eigenvalue weighted by molar-refractivity contribution is -0.385. The molecular formula is C58H50N2O10. The fourth-order valence-electron chi connectivity index (χ4n) is 9.86. The van der Waals surface area contributed by atoms with Crippen LogP contribution in [-0.4, -0.2) is 44.5 Å². The van der Waals surface area contributed by atoms with E-state index in [0.29, 0.717) is 92.8 Å². The maximum atomic E-state index is 12.0. The number of ether oxygens (including phenoxy) is 2. The first-order chi connectivity index (χ1) is 33.9. The SMILES string of the molecule is COc1ccc([N+](=O)[O-])cc1Cc1c2cccc1Cc1cccc(c1O)Cc1cccc(c1O)Cc1cccc(c1Cc1cc([N+](=O)[O-])ccc1OC)Cc1cccc(c1O)Cc1cccc(c1O)C2. The van der Waals surface area contributed by atoms with Crippen molar-refractivity contribution in [3.63, 3.8) is 0 Å². The quantitative estimate of drug-likeness (QED) is 0.0844. The molecular weight excluding hydrogens is 885 g/mol. The molecule has 0 spiro atoms. The van der Waals surface area contributed by atoms with Crippen molar-refractivity contribution in [1.29, 1.82) is 0 Å². The molecule has 352 valence electrons. The summed E-state index contributed by atoms with van der Waals surface area (Å²) in [6.07, 6.45) is 2.09. The van der Waals surface area contributed by atoms with Crippen LogP contribution in [0.4, 0.5) is 11.4 Å². The molecule has 1 aliphatic rings. The van der Waals surface area contributed by atoms with Crippen molar-refractivity contribution in [2.24, 2.45) is 0 Å². The lowest BCUT2D eigenvalue weighted by Gasteiger charge is -2.20. The lowest BCUT2D eigenvalue weighted by atomic mass is 9.86. The van der Waals surface area contributed by atoms with Crippen molar-refractivity contribution >= 4 is 11.4 Å². The molecule has 0 heterocycles. The van der Waals surface area contributed by atoms with Gasteiger partial charge in [0.05, 0.1) is 24.1 Å². The fraction of sp³-hybridized carbons (Fsp3) is 0.172. The molecule has 9 rings (SSSR count). The third kappa shape index (κ3) is 9.57. The zero-order valence-corrected chi connectivity index (χ0v) is 38.6. The van der Waals surface area contributed by atoms with E-state index in [4.69, 9.17) is 9.47 Å². The maximum Gasteiger partial charge on any atom is 0.269 e. The van der Waals surface area contributed by atoms with E-state index in [1.807, 2.05) is 109 Å². The van der Waals surface area contributed by atoms with E-state index in [1.165, 1.54) is 38.5 Å². The molecule has 0 unspecified atom stereocenters. The molecule has 0 atom stereocenters. The second kappa shape index (κ2) is 19.9. The Labute approximate surface area is 404 Å². The van der Waals surface area contributed by atoms with Gasteiger partial charge in [0.2, 0.25) is 0 Å². The lowest BCUT2D eigenvalue weighted by Crippen LogP contribution is -2.06. The Morgan fingerprint density at radius 3 is 0.843 bits per heavy atom. The number of nitrogens with zero attached hydrogens (tertiary/aromatic N) is 2. The second-order valence-electron chi connectivity index (χ2n) is 17.7. The number of fused-ring (bicyclic) bond motifs is 12. The van der Waals surface area contributed by atoms with E-state index in [9.17, 15) is 40.7 Å². The molecule has 0 amide bonds. The van der Waals surface area contributed by atoms with Crippen LogP contribution in [-0.2, 0) is 51.4 Å². The monoisotopic (exact) mass is 934 g/mol. The Kier molecular flexibility index (Phi) is 13.2. The highest BCUT2D eigenvalue weighted by Gasteiger charge is 2.23. The molecule has 0 radical (unpaired) electrons. The number of hydrogen-bond acceptors (Lipinski definition) is 10. The summed E-state index contributed by atoms with van der Waals surface area (Å²) in [6, 6.07) is 43.0. The highest BCUT2D eigenvalue weighted by atomic mass is 16.6. The zero-order chi connectivity index (χ0) is 49.1. The van der Waals surface area contributed by atoms with Gasteiger partial charge in [0.15, 0.2) is 0 Å². The molecule has 0 saturated heterocycles. The third-order valence-corrected chi connectivity index (χ3v) is 13.5. The van der Waals surface area contributed by atoms with Gasteiger partial charge in [-0.1, -0.05) is 109 Å². The van der Waals surface area contributed by atoms with Gasteiger partial charge in [0.1, 0.15) is 34.5 Å². The van der Waals surface area contributed by atoms with Gasteiger partial charge in [-0.3, -0.25) is 20.2 Å². The van der Waals surface area contributed by atoms with Gasteiger partial charge in [-0.15, -0.1) is 0 Å². The molecule has 12 heteroatoms. The number of para-hydroxylation sites is 4. The molecule has 4 N–H and O–H groups in total. The van der Waals surface area contributed by atoms with Crippen molar-refractivity contribution in [3.05, 3.63) is 255 Å². The van der Waals surface area contributed by atoms with Gasteiger partial charge in [0, 0.05) is 86.8 Å². The molecule has 8 aromatic rings. The first-order valence-corrected chi connectivity index (χ1v) is 22.9. The topological polar surface area (TPSA) is 186 Å². The van der Waals surface area contributed by atoms with Gasteiger partial charge in [-0.25, -0.2) is 0 Å². The van der Waals surface area contributed by atoms with Crippen molar-refractivity contribution in [2.45, 2.75) is 51.4 Å². The molecule has 0 fully saturated rings. The van der Waals surface area contributed by atoms with Crippen molar-refractivity contribution in [3.8, 4) is 34.5 Å². The summed E-state index contributed by atoms with van der Waals surface area (Å²) < 4.78 is 11.4. The minimum absolute atomic E-state index is 0.0729. The molecule has 70 heavy (non-hydrogen) atoms. The normalized spacial score (nSPS) is 12.4. The first-order valence-electron chi connectivity index (χ1n) is 22.9. The van der Waals surface area contributed by atoms with Gasteiger partial charge < -0.3 is 29.9 Å². The maximum absolute atomic E-state index is 12.0. The van der Waals surface area contributed by atoms with Crippen LogP contribution in [0.1, 0.15) is 89.0 Å². The molecule has 0 aliphatic heterocycles. The summed E-state index contributed by atoms with van der Waals surface area (Å²) in [5.74, 6) is 1.26. The van der Waals surface area contributed by atoms with Crippen molar-refractivity contribution in [1.82, 2.24) is 0 Å². The summed E-state index contributed by atoms with van der Waals surface area (Å²) in [5.41, 5.74) is 11.1. The second-order valence-corrected chi connectivity index (χ2v) is 17.7.